The Bertz CT molecular complexity index is 808. The van der Waals surface area contributed by atoms with Gasteiger partial charge in [0.2, 0.25) is 5.91 Å². The summed E-state index contributed by atoms with van der Waals surface area (Å²) < 4.78 is 13.0. The smallest absolute Gasteiger partial charge is 0.233 e. The monoisotopic (exact) mass is 355 g/mol. The van der Waals surface area contributed by atoms with Gasteiger partial charge in [-0.2, -0.15) is 0 Å². The molecule has 0 bridgehead atoms. The van der Waals surface area contributed by atoms with E-state index >= 15 is 0 Å². The Kier molecular flexibility index (Phi) is 4.34. The van der Waals surface area contributed by atoms with E-state index in [9.17, 15) is 4.79 Å². The maximum Gasteiger partial charge on any atom is 0.233 e. The molecule has 1 aromatic heterocycles. The second-order valence-electron chi connectivity index (χ2n) is 7.16. The first-order chi connectivity index (χ1) is 12.7. The van der Waals surface area contributed by atoms with Crippen LogP contribution in [0.15, 0.2) is 30.7 Å². The fraction of sp³-hybridized carbons (Fsp3) is 0.500. The SMILES string of the molecule is COc1ccc(C2(C(=O)N3CCn4cncc4C3)CCCC2)cc1OC. The number of imidazole rings is 1. The summed E-state index contributed by atoms with van der Waals surface area (Å²) in [5.74, 6) is 1.61. The number of hydrogen-bond acceptors (Lipinski definition) is 4. The third kappa shape index (κ3) is 2.64. The van der Waals surface area contributed by atoms with Crippen molar-refractivity contribution in [3.63, 3.8) is 0 Å². The Balaban J connectivity index is 1.68. The molecule has 1 aliphatic carbocycles. The number of carbonyl (C=O) groups is 1. The van der Waals surface area contributed by atoms with Crippen LogP contribution < -0.4 is 9.47 Å². The first-order valence-corrected chi connectivity index (χ1v) is 9.19. The first-order valence-electron chi connectivity index (χ1n) is 9.19. The lowest BCUT2D eigenvalue weighted by Gasteiger charge is -2.37. The van der Waals surface area contributed by atoms with Crippen LogP contribution >= 0.6 is 0 Å². The van der Waals surface area contributed by atoms with Gasteiger partial charge in [0.15, 0.2) is 11.5 Å². The fourth-order valence-electron chi connectivity index (χ4n) is 4.40. The molecule has 6 nitrogen and oxygen atoms in total. The molecule has 2 aromatic rings. The topological polar surface area (TPSA) is 56.6 Å². The largest absolute Gasteiger partial charge is 0.493 e. The van der Waals surface area contributed by atoms with Gasteiger partial charge >= 0.3 is 0 Å². The Morgan fingerprint density at radius 1 is 1.12 bits per heavy atom. The molecule has 138 valence electrons. The zero-order valence-corrected chi connectivity index (χ0v) is 15.4. The molecule has 6 heteroatoms. The second-order valence-corrected chi connectivity index (χ2v) is 7.16. The van der Waals surface area contributed by atoms with Gasteiger partial charge in [0.05, 0.1) is 38.2 Å². The van der Waals surface area contributed by atoms with Gasteiger partial charge in [-0.25, -0.2) is 4.98 Å². The van der Waals surface area contributed by atoms with E-state index in [1.165, 1.54) is 0 Å². The molecule has 0 saturated heterocycles. The Morgan fingerprint density at radius 3 is 2.62 bits per heavy atom. The van der Waals surface area contributed by atoms with E-state index in [-0.39, 0.29) is 5.91 Å². The number of benzene rings is 1. The normalized spacial score (nSPS) is 18.5. The average Bonchev–Trinajstić information content (AvgIpc) is 3.36. The molecule has 1 amide bonds. The predicted octanol–water partition coefficient (Wildman–Crippen LogP) is 2.75. The van der Waals surface area contributed by atoms with E-state index in [4.69, 9.17) is 9.47 Å². The summed E-state index contributed by atoms with van der Waals surface area (Å²) in [5, 5.41) is 0. The van der Waals surface area contributed by atoms with E-state index in [2.05, 4.69) is 9.55 Å². The van der Waals surface area contributed by atoms with Gasteiger partial charge in [-0.05, 0) is 30.5 Å². The van der Waals surface area contributed by atoms with Crippen LogP contribution in [0.25, 0.3) is 0 Å². The predicted molar refractivity (Wildman–Crippen MR) is 97.3 cm³/mol. The average molecular weight is 355 g/mol. The highest BCUT2D eigenvalue weighted by Crippen LogP contribution is 2.45. The maximum absolute atomic E-state index is 13.6. The summed E-state index contributed by atoms with van der Waals surface area (Å²) in [7, 11) is 3.27. The van der Waals surface area contributed by atoms with E-state index < -0.39 is 5.41 Å². The Hall–Kier alpha value is -2.50. The van der Waals surface area contributed by atoms with Crippen molar-refractivity contribution in [2.24, 2.45) is 0 Å². The van der Waals surface area contributed by atoms with E-state index in [1.54, 1.807) is 14.2 Å². The second kappa shape index (κ2) is 6.67. The molecule has 4 rings (SSSR count). The quantitative estimate of drug-likeness (QED) is 0.846. The number of rotatable bonds is 4. The molecule has 0 N–H and O–H groups in total. The van der Waals surface area contributed by atoms with Gasteiger partial charge in [-0.3, -0.25) is 4.79 Å². The van der Waals surface area contributed by atoms with Crippen LogP contribution in [-0.4, -0.2) is 41.1 Å². The van der Waals surface area contributed by atoms with Crippen LogP contribution in [0, 0.1) is 0 Å². The molecule has 26 heavy (non-hydrogen) atoms. The van der Waals surface area contributed by atoms with Crippen LogP contribution in [-0.2, 0) is 23.3 Å². The molecular weight excluding hydrogens is 330 g/mol. The van der Waals surface area contributed by atoms with E-state index in [0.717, 1.165) is 50.0 Å². The standard InChI is InChI=1S/C20H25N3O3/c1-25-17-6-5-15(11-18(17)26-2)20(7-3-4-8-20)19(24)22-9-10-23-14-21-12-16(23)13-22/h5-6,11-12,14H,3-4,7-10,13H2,1-2H3. The Morgan fingerprint density at radius 2 is 1.88 bits per heavy atom. The van der Waals surface area contributed by atoms with Crippen molar-refractivity contribution < 1.29 is 14.3 Å². The Labute approximate surface area is 153 Å². The summed E-state index contributed by atoms with van der Waals surface area (Å²) in [5.41, 5.74) is 1.68. The highest BCUT2D eigenvalue weighted by atomic mass is 16.5. The zero-order chi connectivity index (χ0) is 18.1. The lowest BCUT2D eigenvalue weighted by molar-refractivity contribution is -0.138. The lowest BCUT2D eigenvalue weighted by Crippen LogP contribution is -2.48. The molecule has 0 radical (unpaired) electrons. The lowest BCUT2D eigenvalue weighted by atomic mass is 9.77. The fourth-order valence-corrected chi connectivity index (χ4v) is 4.40. The van der Waals surface area contributed by atoms with Crippen molar-refractivity contribution >= 4 is 5.91 Å². The summed E-state index contributed by atoms with van der Waals surface area (Å²) in [4.78, 5) is 19.8. The minimum absolute atomic E-state index is 0.231. The van der Waals surface area contributed by atoms with Crippen molar-refractivity contribution in [2.75, 3.05) is 20.8 Å². The zero-order valence-electron chi connectivity index (χ0n) is 15.4. The molecular formula is C20H25N3O3. The minimum Gasteiger partial charge on any atom is -0.493 e. The van der Waals surface area contributed by atoms with Crippen molar-refractivity contribution in [1.29, 1.82) is 0 Å². The van der Waals surface area contributed by atoms with Crippen LogP contribution in [0.4, 0.5) is 0 Å². The number of aromatic nitrogens is 2. The van der Waals surface area contributed by atoms with Gasteiger partial charge < -0.3 is 18.9 Å². The van der Waals surface area contributed by atoms with E-state index in [0.29, 0.717) is 18.0 Å². The molecule has 1 aromatic carbocycles. The molecule has 1 fully saturated rings. The number of carbonyl (C=O) groups excluding carboxylic acids is 1. The van der Waals surface area contributed by atoms with Gasteiger partial charge in [0, 0.05) is 19.3 Å². The molecule has 0 spiro atoms. The van der Waals surface area contributed by atoms with Crippen molar-refractivity contribution in [3.8, 4) is 11.5 Å². The van der Waals surface area contributed by atoms with Crippen molar-refractivity contribution in [1.82, 2.24) is 14.5 Å². The third-order valence-electron chi connectivity index (χ3n) is 5.85. The van der Waals surface area contributed by atoms with Gasteiger partial charge in [0.1, 0.15) is 0 Å². The van der Waals surface area contributed by atoms with Gasteiger partial charge in [0.25, 0.3) is 0 Å². The highest BCUT2D eigenvalue weighted by molar-refractivity contribution is 5.89. The van der Waals surface area contributed by atoms with Crippen LogP contribution in [0.5, 0.6) is 11.5 Å². The van der Waals surface area contributed by atoms with Crippen molar-refractivity contribution in [3.05, 3.63) is 42.0 Å². The van der Waals surface area contributed by atoms with Crippen molar-refractivity contribution in [2.45, 2.75) is 44.2 Å². The van der Waals surface area contributed by atoms with Gasteiger partial charge in [-0.1, -0.05) is 18.9 Å². The molecule has 0 atom stereocenters. The number of ether oxygens (including phenoxy) is 2. The highest BCUT2D eigenvalue weighted by Gasteiger charge is 2.45. The number of fused-ring (bicyclic) bond motifs is 1. The number of amides is 1. The number of methoxy groups -OCH3 is 2. The van der Waals surface area contributed by atoms with Crippen LogP contribution in [0.2, 0.25) is 0 Å². The summed E-state index contributed by atoms with van der Waals surface area (Å²) in [6.07, 6.45) is 7.62. The minimum atomic E-state index is -0.457. The van der Waals surface area contributed by atoms with Crippen LogP contribution in [0.3, 0.4) is 0 Å². The summed E-state index contributed by atoms with van der Waals surface area (Å²) in [6, 6.07) is 5.92. The number of hydrogen-bond donors (Lipinski definition) is 0. The third-order valence-corrected chi connectivity index (χ3v) is 5.85. The maximum atomic E-state index is 13.6. The molecule has 2 heterocycles. The summed E-state index contributed by atoms with van der Waals surface area (Å²) in [6.45, 7) is 2.17. The molecule has 1 aliphatic heterocycles. The number of nitrogens with zero attached hydrogens (tertiary/aromatic N) is 3. The van der Waals surface area contributed by atoms with E-state index in [1.807, 2.05) is 35.6 Å². The molecule has 1 saturated carbocycles. The molecule has 2 aliphatic rings. The molecule has 0 unspecified atom stereocenters. The van der Waals surface area contributed by atoms with Gasteiger partial charge in [-0.15, -0.1) is 0 Å². The first kappa shape index (κ1) is 16.9. The van der Waals surface area contributed by atoms with Crippen LogP contribution in [0.1, 0.15) is 36.9 Å². The summed E-state index contributed by atoms with van der Waals surface area (Å²) >= 11 is 0.